The number of para-hydroxylation sites is 1. The van der Waals surface area contributed by atoms with E-state index in [4.69, 9.17) is 15.5 Å². The van der Waals surface area contributed by atoms with Crippen molar-refractivity contribution in [1.82, 2.24) is 4.98 Å². The Morgan fingerprint density at radius 1 is 0.821 bits per heavy atom. The van der Waals surface area contributed by atoms with Gasteiger partial charge in [0.05, 0.1) is 17.1 Å². The summed E-state index contributed by atoms with van der Waals surface area (Å²) in [6.45, 7) is 13.0. The van der Waals surface area contributed by atoms with Gasteiger partial charge < -0.3 is 10.5 Å². The van der Waals surface area contributed by atoms with Crippen molar-refractivity contribution in [2.75, 3.05) is 4.90 Å². The molecule has 0 saturated heterocycles. The van der Waals surface area contributed by atoms with Crippen LogP contribution in [-0.4, -0.2) is 10.7 Å². The SMILES string of the molecule is CC(N)=CC(C)=Nc1cccc(Oc2ccc3c(c2)N2c4ncccc4C(C)(C)c4cccc(c42)C3(C)C)c1. The molecule has 2 aliphatic rings. The van der Waals surface area contributed by atoms with Crippen LogP contribution in [-0.2, 0) is 10.8 Å². The topological polar surface area (TPSA) is 63.7 Å². The van der Waals surface area contributed by atoms with Crippen LogP contribution >= 0.6 is 0 Å². The van der Waals surface area contributed by atoms with Gasteiger partial charge in [-0.1, -0.05) is 64.1 Å². The lowest BCUT2D eigenvalue weighted by Crippen LogP contribution is -2.38. The molecule has 5 nitrogen and oxygen atoms in total. The van der Waals surface area contributed by atoms with Gasteiger partial charge in [0.1, 0.15) is 17.3 Å². The normalized spacial score (nSPS) is 16.7. The van der Waals surface area contributed by atoms with Crippen molar-refractivity contribution < 1.29 is 4.74 Å². The van der Waals surface area contributed by atoms with Gasteiger partial charge in [-0.05, 0) is 60.9 Å². The second-order valence-corrected chi connectivity index (χ2v) is 11.6. The third kappa shape index (κ3) is 4.00. The third-order valence-corrected chi connectivity index (χ3v) is 7.96. The van der Waals surface area contributed by atoms with Crippen LogP contribution in [0.4, 0.5) is 22.9 Å². The summed E-state index contributed by atoms with van der Waals surface area (Å²) >= 11 is 0. The lowest BCUT2D eigenvalue weighted by molar-refractivity contribution is 0.482. The molecule has 0 atom stereocenters. The highest BCUT2D eigenvalue weighted by Gasteiger charge is 2.45. The zero-order valence-corrected chi connectivity index (χ0v) is 23.4. The summed E-state index contributed by atoms with van der Waals surface area (Å²) in [5, 5.41) is 0. The van der Waals surface area contributed by atoms with Crippen LogP contribution < -0.4 is 15.4 Å². The number of hydrogen-bond acceptors (Lipinski definition) is 5. The maximum atomic E-state index is 6.42. The van der Waals surface area contributed by atoms with Gasteiger partial charge >= 0.3 is 0 Å². The quantitative estimate of drug-likeness (QED) is 0.277. The highest BCUT2D eigenvalue weighted by Crippen LogP contribution is 2.59. The second-order valence-electron chi connectivity index (χ2n) is 11.6. The van der Waals surface area contributed by atoms with Gasteiger partial charge in [0, 0.05) is 46.1 Å². The fourth-order valence-electron chi connectivity index (χ4n) is 6.09. The van der Waals surface area contributed by atoms with Gasteiger partial charge in [0.25, 0.3) is 0 Å². The molecule has 3 heterocycles. The molecule has 0 unspecified atom stereocenters. The monoisotopic (exact) mass is 514 g/mol. The van der Waals surface area contributed by atoms with E-state index in [0.717, 1.165) is 40.1 Å². The molecular formula is C34H34N4O. The minimum Gasteiger partial charge on any atom is -0.457 e. The van der Waals surface area contributed by atoms with Crippen LogP contribution in [0, 0.1) is 0 Å². The molecule has 196 valence electrons. The Morgan fingerprint density at radius 2 is 1.49 bits per heavy atom. The molecular weight excluding hydrogens is 480 g/mol. The molecule has 0 fully saturated rings. The Hall–Kier alpha value is -4.38. The summed E-state index contributed by atoms with van der Waals surface area (Å²) < 4.78 is 6.42. The molecule has 6 rings (SSSR count). The summed E-state index contributed by atoms with van der Waals surface area (Å²) in [5.74, 6) is 2.47. The van der Waals surface area contributed by atoms with Crippen molar-refractivity contribution in [3.05, 3.63) is 113 Å². The second kappa shape index (κ2) is 8.84. The zero-order chi connectivity index (χ0) is 27.5. The number of nitrogens with zero attached hydrogens (tertiary/aromatic N) is 3. The summed E-state index contributed by atoms with van der Waals surface area (Å²) in [6.07, 6.45) is 3.74. The maximum absolute atomic E-state index is 6.42. The van der Waals surface area contributed by atoms with E-state index < -0.39 is 0 Å². The van der Waals surface area contributed by atoms with Crippen LogP contribution in [0.15, 0.2) is 95.8 Å². The minimum absolute atomic E-state index is 0.163. The molecule has 39 heavy (non-hydrogen) atoms. The van der Waals surface area contributed by atoms with E-state index in [2.05, 4.69) is 80.1 Å². The molecule has 4 aromatic rings. The first kappa shape index (κ1) is 24.9. The fourth-order valence-corrected chi connectivity index (χ4v) is 6.09. The molecule has 0 radical (unpaired) electrons. The molecule has 1 aromatic heterocycles. The zero-order valence-electron chi connectivity index (χ0n) is 23.4. The number of allylic oxidation sites excluding steroid dienone is 2. The molecule has 0 saturated carbocycles. The number of aromatic nitrogens is 1. The first-order valence-electron chi connectivity index (χ1n) is 13.4. The number of aliphatic imine (C=N–C) groups is 1. The van der Waals surface area contributed by atoms with Crippen molar-refractivity contribution in [3.8, 4) is 11.5 Å². The number of pyridine rings is 1. The molecule has 2 aliphatic heterocycles. The van der Waals surface area contributed by atoms with Crippen LogP contribution in [0.1, 0.15) is 63.8 Å². The van der Waals surface area contributed by atoms with Gasteiger partial charge in [-0.2, -0.15) is 0 Å². The van der Waals surface area contributed by atoms with Gasteiger partial charge in [0.15, 0.2) is 0 Å². The molecule has 5 heteroatoms. The lowest BCUT2D eigenvalue weighted by atomic mass is 9.67. The average molecular weight is 515 g/mol. The number of benzene rings is 3. The van der Waals surface area contributed by atoms with Crippen molar-refractivity contribution >= 4 is 28.6 Å². The summed E-state index contributed by atoms with van der Waals surface area (Å²) in [4.78, 5) is 11.9. The van der Waals surface area contributed by atoms with E-state index in [-0.39, 0.29) is 10.8 Å². The number of ether oxygens (including phenoxy) is 1. The van der Waals surface area contributed by atoms with Gasteiger partial charge in [-0.25, -0.2) is 4.98 Å². The lowest BCUT2D eigenvalue weighted by Gasteiger charge is -2.48. The number of fused-ring (bicyclic) bond motifs is 4. The predicted molar refractivity (Wildman–Crippen MR) is 160 cm³/mol. The highest BCUT2D eigenvalue weighted by molar-refractivity contribution is 5.95. The van der Waals surface area contributed by atoms with E-state index in [1.165, 1.54) is 27.9 Å². The number of anilines is 3. The van der Waals surface area contributed by atoms with E-state index in [1.807, 2.05) is 56.5 Å². The van der Waals surface area contributed by atoms with Gasteiger partial charge in [0.2, 0.25) is 0 Å². The highest BCUT2D eigenvalue weighted by atomic mass is 16.5. The van der Waals surface area contributed by atoms with Crippen LogP contribution in [0.5, 0.6) is 11.5 Å². The fraction of sp³-hybridized carbons (Fsp3) is 0.235. The van der Waals surface area contributed by atoms with Crippen molar-refractivity contribution in [2.24, 2.45) is 10.7 Å². The number of nitrogens with two attached hydrogens (primary N) is 1. The Morgan fingerprint density at radius 3 is 2.23 bits per heavy atom. The molecule has 3 aromatic carbocycles. The Balaban J connectivity index is 1.47. The Bertz CT molecular complexity index is 1660. The molecule has 0 bridgehead atoms. The molecule has 0 spiro atoms. The van der Waals surface area contributed by atoms with E-state index in [9.17, 15) is 0 Å². The van der Waals surface area contributed by atoms with E-state index in [1.54, 1.807) is 0 Å². The largest absolute Gasteiger partial charge is 0.457 e. The third-order valence-electron chi connectivity index (χ3n) is 7.96. The first-order chi connectivity index (χ1) is 18.6. The maximum Gasteiger partial charge on any atom is 0.141 e. The summed E-state index contributed by atoms with van der Waals surface area (Å²) in [7, 11) is 0. The summed E-state index contributed by atoms with van der Waals surface area (Å²) in [5.41, 5.74) is 15.3. The number of rotatable bonds is 4. The Kier molecular flexibility index (Phi) is 5.65. The van der Waals surface area contributed by atoms with Gasteiger partial charge in [-0.3, -0.25) is 9.89 Å². The molecule has 0 amide bonds. The van der Waals surface area contributed by atoms with Crippen molar-refractivity contribution in [3.63, 3.8) is 0 Å². The first-order valence-corrected chi connectivity index (χ1v) is 13.4. The molecule has 0 aliphatic carbocycles. The van der Waals surface area contributed by atoms with E-state index in [0.29, 0.717) is 0 Å². The molecule has 2 N–H and O–H groups in total. The van der Waals surface area contributed by atoms with Gasteiger partial charge in [-0.15, -0.1) is 0 Å². The van der Waals surface area contributed by atoms with Crippen LogP contribution in [0.25, 0.3) is 0 Å². The van der Waals surface area contributed by atoms with Crippen LogP contribution in [0.2, 0.25) is 0 Å². The van der Waals surface area contributed by atoms with Crippen molar-refractivity contribution in [2.45, 2.75) is 52.4 Å². The summed E-state index contributed by atoms with van der Waals surface area (Å²) in [6, 6.07) is 25.2. The minimum atomic E-state index is -0.182. The predicted octanol–water partition coefficient (Wildman–Crippen LogP) is 8.58. The standard InChI is InChI=1S/C34H34N4O/c1-21(35)18-22(2)37-23-10-7-11-24(19-23)39-25-15-16-26-30(20-25)38-31-27(33(26,3)4)12-8-13-28(31)34(5,6)29-14-9-17-36-32(29)38/h7-20H,35H2,1-6H3. The average Bonchev–Trinajstić information content (AvgIpc) is 2.88. The Labute approximate surface area is 230 Å². The van der Waals surface area contributed by atoms with Crippen LogP contribution in [0.3, 0.4) is 0 Å². The smallest absolute Gasteiger partial charge is 0.141 e. The number of hydrogen-bond donors (Lipinski definition) is 1. The van der Waals surface area contributed by atoms with E-state index >= 15 is 0 Å². The van der Waals surface area contributed by atoms with Crippen molar-refractivity contribution in [1.29, 1.82) is 0 Å².